The molecule has 3 aromatic rings. The van der Waals surface area contributed by atoms with Gasteiger partial charge in [0.2, 0.25) is 0 Å². The van der Waals surface area contributed by atoms with Crippen molar-refractivity contribution in [3.8, 4) is 0 Å². The molecule has 0 spiro atoms. The maximum Gasteiger partial charge on any atom is -0.00165 e. The van der Waals surface area contributed by atoms with Crippen LogP contribution in [0.5, 0.6) is 0 Å². The van der Waals surface area contributed by atoms with Gasteiger partial charge in [-0.3, -0.25) is 0 Å². The topological polar surface area (TPSA) is 0 Å². The van der Waals surface area contributed by atoms with E-state index in [9.17, 15) is 0 Å². The molecule has 0 nitrogen and oxygen atoms in total. The summed E-state index contributed by atoms with van der Waals surface area (Å²) in [5.41, 5.74) is 8.68. The van der Waals surface area contributed by atoms with Crippen LogP contribution in [0.15, 0.2) is 71.8 Å². The van der Waals surface area contributed by atoms with Crippen LogP contribution in [0, 0.1) is 0 Å². The van der Waals surface area contributed by atoms with Crippen molar-refractivity contribution in [2.45, 2.75) is 12.8 Å². The predicted octanol–water partition coefficient (Wildman–Crippen LogP) is 5.42. The second kappa shape index (κ2) is 4.45. The Morgan fingerprint density at radius 1 is 0.545 bits per heavy atom. The molecule has 0 fully saturated rings. The summed E-state index contributed by atoms with van der Waals surface area (Å²) in [5, 5.41) is 2.68. The molecular weight excluding hydrogens is 264 g/mol. The van der Waals surface area contributed by atoms with Gasteiger partial charge in [-0.25, -0.2) is 0 Å². The minimum Gasteiger partial charge on any atom is -0.0619 e. The molecule has 0 heterocycles. The summed E-state index contributed by atoms with van der Waals surface area (Å²) in [4.78, 5) is 0. The van der Waals surface area contributed by atoms with E-state index in [1.54, 1.807) is 0 Å². The molecule has 104 valence electrons. The number of hydrogen-bond acceptors (Lipinski definition) is 0. The highest BCUT2D eigenvalue weighted by molar-refractivity contribution is 5.88. The van der Waals surface area contributed by atoms with Gasteiger partial charge in [0, 0.05) is 0 Å². The Morgan fingerprint density at radius 3 is 2.00 bits per heavy atom. The van der Waals surface area contributed by atoms with Gasteiger partial charge in [0.15, 0.2) is 0 Å². The zero-order valence-electron chi connectivity index (χ0n) is 12.3. The third kappa shape index (κ3) is 1.77. The van der Waals surface area contributed by atoms with Gasteiger partial charge in [-0.05, 0) is 63.1 Å². The lowest BCUT2D eigenvalue weighted by atomic mass is 10.0. The van der Waals surface area contributed by atoms with Crippen molar-refractivity contribution in [1.29, 1.82) is 0 Å². The number of hydrogen-bond donors (Lipinski definition) is 0. The fourth-order valence-electron chi connectivity index (χ4n) is 3.73. The van der Waals surface area contributed by atoms with Crippen LogP contribution in [-0.2, 0) is 12.8 Å². The molecule has 0 atom stereocenters. The fraction of sp³-hybridized carbons (Fsp3) is 0.0909. The first-order valence-electron chi connectivity index (χ1n) is 7.88. The molecule has 2 aliphatic carbocycles. The van der Waals surface area contributed by atoms with Gasteiger partial charge >= 0.3 is 0 Å². The summed E-state index contributed by atoms with van der Waals surface area (Å²) in [6.45, 7) is 0. The number of rotatable bonds is 1. The largest absolute Gasteiger partial charge is 0.0619 e. The lowest BCUT2D eigenvalue weighted by Gasteiger charge is -2.04. The van der Waals surface area contributed by atoms with Crippen molar-refractivity contribution in [3.05, 3.63) is 94.1 Å². The van der Waals surface area contributed by atoms with Crippen molar-refractivity contribution >= 4 is 22.9 Å². The first-order valence-corrected chi connectivity index (χ1v) is 7.88. The highest BCUT2D eigenvalue weighted by Crippen LogP contribution is 2.37. The predicted molar refractivity (Wildman–Crippen MR) is 93.8 cm³/mol. The van der Waals surface area contributed by atoms with E-state index >= 15 is 0 Å². The lowest BCUT2D eigenvalue weighted by Crippen LogP contribution is -1.90. The second-order valence-electron chi connectivity index (χ2n) is 6.29. The summed E-state index contributed by atoms with van der Waals surface area (Å²) in [7, 11) is 0. The van der Waals surface area contributed by atoms with Crippen LogP contribution in [0.1, 0.15) is 22.3 Å². The number of allylic oxidation sites excluding steroid dienone is 2. The van der Waals surface area contributed by atoms with Crippen LogP contribution in [-0.4, -0.2) is 0 Å². The van der Waals surface area contributed by atoms with Crippen molar-refractivity contribution in [3.63, 3.8) is 0 Å². The second-order valence-corrected chi connectivity index (χ2v) is 6.29. The molecule has 0 heteroatoms. The minimum atomic E-state index is 1.07. The van der Waals surface area contributed by atoms with Crippen molar-refractivity contribution < 1.29 is 0 Å². The minimum absolute atomic E-state index is 1.07. The van der Waals surface area contributed by atoms with Gasteiger partial charge in [0.1, 0.15) is 0 Å². The number of benzene rings is 3. The summed E-state index contributed by atoms with van der Waals surface area (Å²) < 4.78 is 0. The average molecular weight is 280 g/mol. The Kier molecular flexibility index (Phi) is 2.42. The van der Waals surface area contributed by atoms with Gasteiger partial charge in [-0.15, -0.1) is 0 Å². The van der Waals surface area contributed by atoms with Gasteiger partial charge in [-0.2, -0.15) is 0 Å². The van der Waals surface area contributed by atoms with Crippen LogP contribution in [0.4, 0.5) is 0 Å². The first kappa shape index (κ1) is 12.0. The van der Waals surface area contributed by atoms with Crippen LogP contribution >= 0.6 is 0 Å². The van der Waals surface area contributed by atoms with Crippen LogP contribution in [0.25, 0.3) is 22.9 Å². The quantitative estimate of drug-likeness (QED) is 0.558. The Bertz CT molecular complexity index is 970. The van der Waals surface area contributed by atoms with Crippen LogP contribution in [0.2, 0.25) is 0 Å². The smallest absolute Gasteiger partial charge is 0.00165 e. The molecule has 0 aliphatic heterocycles. The van der Waals surface area contributed by atoms with Crippen molar-refractivity contribution in [2.24, 2.45) is 0 Å². The highest BCUT2D eigenvalue weighted by atomic mass is 14.2. The zero-order chi connectivity index (χ0) is 14.5. The molecule has 0 saturated heterocycles. The average Bonchev–Trinajstić information content (AvgIpc) is 3.15. The Balaban J connectivity index is 1.55. The van der Waals surface area contributed by atoms with Gasteiger partial charge in [-0.1, -0.05) is 66.7 Å². The summed E-state index contributed by atoms with van der Waals surface area (Å²) in [6, 6.07) is 22.1. The molecule has 0 unspecified atom stereocenters. The SMILES string of the molecule is C1=C(C2=Cc3cc4ccccc4cc3C2)Cc2ccccc21. The van der Waals surface area contributed by atoms with Crippen molar-refractivity contribution in [2.75, 3.05) is 0 Å². The van der Waals surface area contributed by atoms with E-state index in [-0.39, 0.29) is 0 Å². The molecule has 0 aromatic heterocycles. The molecule has 22 heavy (non-hydrogen) atoms. The molecule has 0 radical (unpaired) electrons. The molecule has 0 saturated carbocycles. The van der Waals surface area contributed by atoms with E-state index in [1.165, 1.54) is 44.2 Å². The third-order valence-electron chi connectivity index (χ3n) is 4.90. The van der Waals surface area contributed by atoms with Crippen molar-refractivity contribution in [1.82, 2.24) is 0 Å². The Hall–Kier alpha value is -2.60. The van der Waals surface area contributed by atoms with Gasteiger partial charge < -0.3 is 0 Å². The van der Waals surface area contributed by atoms with E-state index in [1.807, 2.05) is 0 Å². The molecular formula is C22H16. The monoisotopic (exact) mass is 280 g/mol. The fourth-order valence-corrected chi connectivity index (χ4v) is 3.73. The normalized spacial score (nSPS) is 15.5. The molecule has 2 aliphatic rings. The highest BCUT2D eigenvalue weighted by Gasteiger charge is 2.20. The van der Waals surface area contributed by atoms with E-state index in [0.29, 0.717) is 0 Å². The summed E-state index contributed by atoms with van der Waals surface area (Å²) in [5.74, 6) is 0. The molecule has 3 aromatic carbocycles. The number of fused-ring (bicyclic) bond motifs is 3. The Morgan fingerprint density at radius 2 is 1.18 bits per heavy atom. The van der Waals surface area contributed by atoms with E-state index in [4.69, 9.17) is 0 Å². The molecule has 0 N–H and O–H groups in total. The molecule has 5 rings (SSSR count). The van der Waals surface area contributed by atoms with Gasteiger partial charge in [0.05, 0.1) is 0 Å². The Labute approximate surface area is 130 Å². The third-order valence-corrected chi connectivity index (χ3v) is 4.90. The lowest BCUT2D eigenvalue weighted by molar-refractivity contribution is 1.14. The van der Waals surface area contributed by atoms with E-state index < -0.39 is 0 Å². The summed E-state index contributed by atoms with van der Waals surface area (Å²) >= 11 is 0. The molecule has 0 amide bonds. The summed E-state index contributed by atoms with van der Waals surface area (Å²) in [6.07, 6.45) is 6.90. The standard InChI is InChI=1S/C22H16/c1-2-6-16-10-19(9-15(16)5-1)22-13-20-11-17-7-3-4-8-18(17)12-21(20)14-22/h1-9,11-13H,10,14H2. The first-order chi connectivity index (χ1) is 10.9. The maximum absolute atomic E-state index is 2.39. The molecule has 0 bridgehead atoms. The van der Waals surface area contributed by atoms with Crippen LogP contribution in [0.3, 0.4) is 0 Å². The van der Waals surface area contributed by atoms with Gasteiger partial charge in [0.25, 0.3) is 0 Å². The van der Waals surface area contributed by atoms with E-state index in [0.717, 1.165) is 12.8 Å². The van der Waals surface area contributed by atoms with Crippen LogP contribution < -0.4 is 0 Å². The van der Waals surface area contributed by atoms with E-state index in [2.05, 4.69) is 72.8 Å². The maximum atomic E-state index is 2.39. The zero-order valence-corrected chi connectivity index (χ0v) is 12.3.